The number of nitrogens with two attached hydrogens (primary N) is 1. The predicted molar refractivity (Wildman–Crippen MR) is 101 cm³/mol. The Morgan fingerprint density at radius 2 is 1.96 bits per heavy atom. The highest BCUT2D eigenvalue weighted by atomic mass is 35.5. The highest BCUT2D eigenvalue weighted by Gasteiger charge is 2.16. The van der Waals surface area contributed by atoms with Gasteiger partial charge in [-0.05, 0) is 25.3 Å². The molecular weight excluding hydrogens is 353 g/mol. The zero-order valence-electron chi connectivity index (χ0n) is 13.2. The molecule has 23 heavy (non-hydrogen) atoms. The van der Waals surface area contributed by atoms with Crippen LogP contribution in [-0.2, 0) is 6.42 Å². The molecule has 7 heteroatoms. The van der Waals surface area contributed by atoms with Crippen molar-refractivity contribution in [2.75, 3.05) is 6.54 Å². The number of hydrogen-bond donors (Lipinski definition) is 2. The highest BCUT2D eigenvalue weighted by molar-refractivity contribution is 7.13. The van der Waals surface area contributed by atoms with Crippen LogP contribution >= 0.6 is 36.2 Å². The molecule has 1 aromatic carbocycles. The molecule has 1 unspecified atom stereocenters. The van der Waals surface area contributed by atoms with Crippen LogP contribution in [0.2, 0.25) is 0 Å². The number of hydrogen-bond acceptors (Lipinski definition) is 4. The van der Waals surface area contributed by atoms with Crippen LogP contribution in [0.4, 0.5) is 0 Å². The van der Waals surface area contributed by atoms with Crippen molar-refractivity contribution in [2.45, 2.75) is 32.7 Å². The molecule has 3 N–H and O–H groups in total. The summed E-state index contributed by atoms with van der Waals surface area (Å²) in [6.45, 7) is 4.40. The summed E-state index contributed by atoms with van der Waals surface area (Å²) in [7, 11) is 0. The number of halogens is 2. The third-order valence-corrected chi connectivity index (χ3v) is 4.44. The summed E-state index contributed by atoms with van der Waals surface area (Å²) in [6, 6.07) is 9.58. The second-order valence-corrected chi connectivity index (χ2v) is 6.08. The monoisotopic (exact) mass is 375 g/mol. The molecule has 0 aliphatic rings. The standard InChI is InChI=1S/C16H21N3OS.2ClH/c1-3-7-14-19-11(2)15(21-14)16(20)18-10-13(17)12-8-5-4-6-9-12;;/h4-6,8-9,13H,3,7,10,17H2,1-2H3,(H,18,20);2*1H. The fourth-order valence-corrected chi connectivity index (χ4v) is 3.17. The summed E-state index contributed by atoms with van der Waals surface area (Å²) in [4.78, 5) is 17.3. The van der Waals surface area contributed by atoms with E-state index in [-0.39, 0.29) is 36.8 Å². The molecule has 0 saturated carbocycles. The van der Waals surface area contributed by atoms with E-state index in [4.69, 9.17) is 5.73 Å². The lowest BCUT2D eigenvalue weighted by molar-refractivity contribution is 0.0954. The van der Waals surface area contributed by atoms with Gasteiger partial charge in [-0.2, -0.15) is 0 Å². The number of rotatable bonds is 6. The van der Waals surface area contributed by atoms with Crippen LogP contribution in [0.1, 0.15) is 45.3 Å². The number of aromatic nitrogens is 1. The van der Waals surface area contributed by atoms with E-state index in [9.17, 15) is 4.79 Å². The Kier molecular flexibility index (Phi) is 10.1. The van der Waals surface area contributed by atoms with Crippen LogP contribution in [0.25, 0.3) is 0 Å². The van der Waals surface area contributed by atoms with Crippen molar-refractivity contribution in [2.24, 2.45) is 5.73 Å². The molecule has 0 spiro atoms. The molecule has 4 nitrogen and oxygen atoms in total. The Balaban J connectivity index is 0.00000242. The number of nitrogens with zero attached hydrogens (tertiary/aromatic N) is 1. The molecule has 1 atom stereocenters. The maximum Gasteiger partial charge on any atom is 0.263 e. The summed E-state index contributed by atoms with van der Waals surface area (Å²) >= 11 is 1.48. The molecule has 1 heterocycles. The predicted octanol–water partition coefficient (Wildman–Crippen LogP) is 3.68. The van der Waals surface area contributed by atoms with E-state index in [0.29, 0.717) is 11.4 Å². The van der Waals surface area contributed by atoms with Crippen LogP contribution < -0.4 is 11.1 Å². The quantitative estimate of drug-likeness (QED) is 0.808. The third kappa shape index (κ3) is 6.11. The lowest BCUT2D eigenvalue weighted by Gasteiger charge is -2.12. The summed E-state index contributed by atoms with van der Waals surface area (Å²) in [5, 5.41) is 3.92. The zero-order chi connectivity index (χ0) is 15.2. The topological polar surface area (TPSA) is 68.0 Å². The van der Waals surface area contributed by atoms with E-state index in [1.165, 1.54) is 11.3 Å². The first kappa shape index (κ1) is 21.9. The fraction of sp³-hybridized carbons (Fsp3) is 0.375. The van der Waals surface area contributed by atoms with Gasteiger partial charge >= 0.3 is 0 Å². The first-order valence-electron chi connectivity index (χ1n) is 7.16. The number of aryl methyl sites for hydroxylation is 2. The normalized spacial score (nSPS) is 11.1. The molecule has 1 aromatic heterocycles. The smallest absolute Gasteiger partial charge is 0.263 e. The Morgan fingerprint density at radius 1 is 1.30 bits per heavy atom. The number of amides is 1. The van der Waals surface area contributed by atoms with Gasteiger partial charge in [0.2, 0.25) is 0 Å². The van der Waals surface area contributed by atoms with Crippen LogP contribution in [-0.4, -0.2) is 17.4 Å². The van der Waals surface area contributed by atoms with Gasteiger partial charge in [0.25, 0.3) is 5.91 Å². The maximum atomic E-state index is 12.2. The van der Waals surface area contributed by atoms with E-state index in [1.54, 1.807) is 0 Å². The lowest BCUT2D eigenvalue weighted by Crippen LogP contribution is -2.31. The molecule has 0 bridgehead atoms. The van der Waals surface area contributed by atoms with E-state index >= 15 is 0 Å². The van der Waals surface area contributed by atoms with E-state index in [2.05, 4.69) is 17.2 Å². The summed E-state index contributed by atoms with van der Waals surface area (Å²) in [5.41, 5.74) is 7.90. The van der Waals surface area contributed by atoms with Crippen molar-refractivity contribution in [1.29, 1.82) is 0 Å². The van der Waals surface area contributed by atoms with Crippen LogP contribution in [0.3, 0.4) is 0 Å². The molecule has 0 saturated heterocycles. The fourth-order valence-electron chi connectivity index (χ4n) is 2.08. The van der Waals surface area contributed by atoms with Crippen LogP contribution in [0.15, 0.2) is 30.3 Å². The maximum absolute atomic E-state index is 12.2. The Morgan fingerprint density at radius 3 is 2.57 bits per heavy atom. The van der Waals surface area contributed by atoms with Crippen molar-refractivity contribution in [1.82, 2.24) is 10.3 Å². The van der Waals surface area contributed by atoms with Gasteiger partial charge in [0.1, 0.15) is 4.88 Å². The summed E-state index contributed by atoms with van der Waals surface area (Å²) in [6.07, 6.45) is 1.95. The minimum Gasteiger partial charge on any atom is -0.349 e. The molecule has 0 aliphatic carbocycles. The Labute approximate surface area is 153 Å². The molecule has 0 fully saturated rings. The van der Waals surface area contributed by atoms with Gasteiger partial charge in [0.05, 0.1) is 10.7 Å². The van der Waals surface area contributed by atoms with Gasteiger partial charge in [-0.3, -0.25) is 4.79 Å². The molecule has 0 radical (unpaired) electrons. The molecule has 2 aromatic rings. The van der Waals surface area contributed by atoms with Gasteiger partial charge in [-0.25, -0.2) is 4.98 Å². The van der Waals surface area contributed by atoms with Gasteiger partial charge in [0, 0.05) is 12.6 Å². The average molecular weight is 376 g/mol. The van der Waals surface area contributed by atoms with Gasteiger partial charge in [0.15, 0.2) is 0 Å². The van der Waals surface area contributed by atoms with Gasteiger partial charge in [-0.15, -0.1) is 36.2 Å². The minimum atomic E-state index is -0.196. The van der Waals surface area contributed by atoms with E-state index in [1.807, 2.05) is 37.3 Å². The Hall–Kier alpha value is -1.14. The molecular formula is C16H23Cl2N3OS. The van der Waals surface area contributed by atoms with Gasteiger partial charge in [-0.1, -0.05) is 37.3 Å². The largest absolute Gasteiger partial charge is 0.349 e. The highest BCUT2D eigenvalue weighted by Crippen LogP contribution is 2.19. The zero-order valence-corrected chi connectivity index (χ0v) is 15.7. The van der Waals surface area contributed by atoms with Crippen LogP contribution in [0, 0.1) is 6.92 Å². The van der Waals surface area contributed by atoms with Crippen LogP contribution in [0.5, 0.6) is 0 Å². The van der Waals surface area contributed by atoms with E-state index < -0.39 is 0 Å². The molecule has 128 valence electrons. The SMILES string of the molecule is CCCc1nc(C)c(C(=O)NCC(N)c2ccccc2)s1.Cl.Cl. The molecule has 2 rings (SSSR count). The van der Waals surface area contributed by atoms with Crippen molar-refractivity contribution in [3.63, 3.8) is 0 Å². The first-order valence-corrected chi connectivity index (χ1v) is 7.98. The third-order valence-electron chi connectivity index (χ3n) is 3.22. The molecule has 1 amide bonds. The number of nitrogens with one attached hydrogen (secondary N) is 1. The minimum absolute atomic E-state index is 0. The van der Waals surface area contributed by atoms with Crippen molar-refractivity contribution >= 4 is 42.1 Å². The second kappa shape index (κ2) is 10.6. The van der Waals surface area contributed by atoms with Crippen molar-refractivity contribution in [3.05, 3.63) is 51.5 Å². The summed E-state index contributed by atoms with van der Waals surface area (Å²) in [5.74, 6) is -0.0845. The number of benzene rings is 1. The average Bonchev–Trinajstić information content (AvgIpc) is 2.86. The Bertz CT molecular complexity index is 605. The number of thiazole rings is 1. The number of carbonyl (C=O) groups excluding carboxylic acids is 1. The summed E-state index contributed by atoms with van der Waals surface area (Å²) < 4.78 is 0. The number of carbonyl (C=O) groups is 1. The van der Waals surface area contributed by atoms with Crippen molar-refractivity contribution in [3.8, 4) is 0 Å². The second-order valence-electron chi connectivity index (χ2n) is 5.00. The van der Waals surface area contributed by atoms with Gasteiger partial charge < -0.3 is 11.1 Å². The van der Waals surface area contributed by atoms with Crippen molar-refractivity contribution < 1.29 is 4.79 Å². The first-order chi connectivity index (χ1) is 10.1. The molecule has 0 aliphatic heterocycles. The lowest BCUT2D eigenvalue weighted by atomic mass is 10.1. The van der Waals surface area contributed by atoms with E-state index in [0.717, 1.165) is 29.1 Å².